The largest absolute Gasteiger partial charge is 0.316 e. The Morgan fingerprint density at radius 2 is 1.65 bits per heavy atom. The van der Waals surface area contributed by atoms with Crippen LogP contribution in [0, 0.1) is 0 Å². The van der Waals surface area contributed by atoms with E-state index in [1.807, 2.05) is 0 Å². The molecule has 0 saturated heterocycles. The third-order valence-corrected chi connectivity index (χ3v) is 4.16. The lowest BCUT2D eigenvalue weighted by molar-refractivity contribution is 0.350. The molecule has 0 amide bonds. The fourth-order valence-electron chi connectivity index (χ4n) is 3.13. The van der Waals surface area contributed by atoms with Crippen LogP contribution in [0.3, 0.4) is 0 Å². The van der Waals surface area contributed by atoms with E-state index in [2.05, 4.69) is 42.6 Å². The minimum Gasteiger partial charge on any atom is -0.316 e. The summed E-state index contributed by atoms with van der Waals surface area (Å²) in [7, 11) is 0. The van der Waals surface area contributed by atoms with E-state index >= 15 is 0 Å². The van der Waals surface area contributed by atoms with Gasteiger partial charge in [-0.2, -0.15) is 0 Å². The molecular formula is C16H25N. The Balaban J connectivity index is 2.21. The van der Waals surface area contributed by atoms with Crippen molar-refractivity contribution in [2.75, 3.05) is 13.1 Å². The van der Waals surface area contributed by atoms with Crippen LogP contribution >= 0.6 is 0 Å². The molecule has 1 heteroatoms. The Bertz CT molecular complexity index is 310. The highest BCUT2D eigenvalue weighted by molar-refractivity contribution is 5.26. The molecule has 0 spiro atoms. The Labute approximate surface area is 106 Å². The van der Waals surface area contributed by atoms with Gasteiger partial charge < -0.3 is 5.32 Å². The lowest BCUT2D eigenvalue weighted by atomic mass is 9.74. The molecule has 1 aliphatic carbocycles. The second-order valence-corrected chi connectivity index (χ2v) is 5.34. The molecule has 0 aromatic heterocycles. The summed E-state index contributed by atoms with van der Waals surface area (Å²) in [6.45, 7) is 4.43. The monoisotopic (exact) mass is 231 g/mol. The average Bonchev–Trinajstić information content (AvgIpc) is 2.64. The third-order valence-electron chi connectivity index (χ3n) is 4.16. The summed E-state index contributed by atoms with van der Waals surface area (Å²) in [6.07, 6.45) is 8.32. The van der Waals surface area contributed by atoms with Crippen molar-refractivity contribution in [1.82, 2.24) is 5.32 Å². The van der Waals surface area contributed by atoms with Crippen molar-refractivity contribution in [2.45, 2.75) is 50.9 Å². The molecule has 17 heavy (non-hydrogen) atoms. The standard InChI is InChI=1S/C16H25N/c1-2-17-14-16(12-8-3-4-9-13-16)15-10-6-5-7-11-15/h5-7,10-11,17H,2-4,8-9,12-14H2,1H3. The second kappa shape index (κ2) is 6.20. The van der Waals surface area contributed by atoms with Gasteiger partial charge in [0.25, 0.3) is 0 Å². The zero-order valence-corrected chi connectivity index (χ0v) is 11.0. The van der Waals surface area contributed by atoms with Crippen molar-refractivity contribution in [3.05, 3.63) is 35.9 Å². The minimum atomic E-state index is 0.397. The van der Waals surface area contributed by atoms with Gasteiger partial charge >= 0.3 is 0 Å². The fourth-order valence-corrected chi connectivity index (χ4v) is 3.13. The summed E-state index contributed by atoms with van der Waals surface area (Å²) >= 11 is 0. The number of likely N-dealkylation sites (N-methyl/N-ethyl adjacent to an activating group) is 1. The summed E-state index contributed by atoms with van der Waals surface area (Å²) < 4.78 is 0. The molecule has 2 rings (SSSR count). The van der Waals surface area contributed by atoms with Crippen molar-refractivity contribution in [1.29, 1.82) is 0 Å². The van der Waals surface area contributed by atoms with Gasteiger partial charge in [0.2, 0.25) is 0 Å². The van der Waals surface area contributed by atoms with Gasteiger partial charge in [0.05, 0.1) is 0 Å². The predicted octanol–water partition coefficient (Wildman–Crippen LogP) is 3.89. The number of rotatable bonds is 4. The van der Waals surface area contributed by atoms with E-state index in [4.69, 9.17) is 0 Å². The average molecular weight is 231 g/mol. The lowest BCUT2D eigenvalue weighted by Gasteiger charge is -2.34. The van der Waals surface area contributed by atoms with Gasteiger partial charge in [-0.1, -0.05) is 62.9 Å². The van der Waals surface area contributed by atoms with Crippen molar-refractivity contribution in [2.24, 2.45) is 0 Å². The molecule has 1 aromatic carbocycles. The van der Waals surface area contributed by atoms with Crippen molar-refractivity contribution in [3.8, 4) is 0 Å². The summed E-state index contributed by atoms with van der Waals surface area (Å²) in [6, 6.07) is 11.1. The Morgan fingerprint density at radius 1 is 1.00 bits per heavy atom. The van der Waals surface area contributed by atoms with Gasteiger partial charge in [-0.3, -0.25) is 0 Å². The van der Waals surface area contributed by atoms with E-state index in [1.165, 1.54) is 38.5 Å². The smallest absolute Gasteiger partial charge is 0.00777 e. The zero-order valence-electron chi connectivity index (χ0n) is 11.0. The molecule has 0 bridgehead atoms. The van der Waals surface area contributed by atoms with Gasteiger partial charge in [0.1, 0.15) is 0 Å². The summed E-state index contributed by atoms with van der Waals surface area (Å²) in [5, 5.41) is 3.59. The maximum absolute atomic E-state index is 3.59. The van der Waals surface area contributed by atoms with Gasteiger partial charge in [0.15, 0.2) is 0 Å². The Hall–Kier alpha value is -0.820. The molecule has 1 nitrogen and oxygen atoms in total. The van der Waals surface area contributed by atoms with E-state index < -0.39 is 0 Å². The molecule has 0 aliphatic heterocycles. The number of nitrogens with one attached hydrogen (secondary N) is 1. The normalized spacial score (nSPS) is 19.8. The summed E-state index contributed by atoms with van der Waals surface area (Å²) in [5.41, 5.74) is 1.94. The predicted molar refractivity (Wildman–Crippen MR) is 74.4 cm³/mol. The molecule has 0 radical (unpaired) electrons. The van der Waals surface area contributed by atoms with Crippen LogP contribution in [0.25, 0.3) is 0 Å². The number of hydrogen-bond donors (Lipinski definition) is 1. The first-order valence-corrected chi connectivity index (χ1v) is 7.14. The van der Waals surface area contributed by atoms with Gasteiger partial charge in [-0.25, -0.2) is 0 Å². The number of benzene rings is 1. The molecule has 1 N–H and O–H groups in total. The lowest BCUT2D eigenvalue weighted by Crippen LogP contribution is -2.37. The first-order chi connectivity index (χ1) is 8.37. The van der Waals surface area contributed by atoms with Crippen LogP contribution in [0.4, 0.5) is 0 Å². The maximum Gasteiger partial charge on any atom is 0.00777 e. The van der Waals surface area contributed by atoms with Crippen LogP contribution in [0.2, 0.25) is 0 Å². The minimum absolute atomic E-state index is 0.397. The molecular weight excluding hydrogens is 206 g/mol. The van der Waals surface area contributed by atoms with Crippen LogP contribution in [-0.4, -0.2) is 13.1 Å². The van der Waals surface area contributed by atoms with E-state index in [9.17, 15) is 0 Å². The highest BCUT2D eigenvalue weighted by Gasteiger charge is 2.31. The highest BCUT2D eigenvalue weighted by atomic mass is 14.9. The summed E-state index contributed by atoms with van der Waals surface area (Å²) in [4.78, 5) is 0. The van der Waals surface area contributed by atoms with E-state index in [-0.39, 0.29) is 0 Å². The maximum atomic E-state index is 3.59. The van der Waals surface area contributed by atoms with Crippen LogP contribution in [-0.2, 0) is 5.41 Å². The van der Waals surface area contributed by atoms with Gasteiger partial charge in [-0.15, -0.1) is 0 Å². The van der Waals surface area contributed by atoms with E-state index in [0.29, 0.717) is 5.41 Å². The highest BCUT2D eigenvalue weighted by Crippen LogP contribution is 2.37. The fraction of sp³-hybridized carbons (Fsp3) is 0.625. The topological polar surface area (TPSA) is 12.0 Å². The van der Waals surface area contributed by atoms with Crippen LogP contribution in [0.5, 0.6) is 0 Å². The Kier molecular flexibility index (Phi) is 4.61. The third kappa shape index (κ3) is 3.10. The van der Waals surface area contributed by atoms with Crippen LogP contribution in [0.15, 0.2) is 30.3 Å². The molecule has 1 fully saturated rings. The SMILES string of the molecule is CCNCC1(c2ccccc2)CCCCCC1. The van der Waals surface area contributed by atoms with Gasteiger partial charge in [-0.05, 0) is 24.9 Å². The molecule has 1 aliphatic rings. The van der Waals surface area contributed by atoms with E-state index in [0.717, 1.165) is 13.1 Å². The molecule has 0 atom stereocenters. The quantitative estimate of drug-likeness (QED) is 0.775. The number of hydrogen-bond acceptors (Lipinski definition) is 1. The van der Waals surface area contributed by atoms with E-state index in [1.54, 1.807) is 5.56 Å². The molecule has 94 valence electrons. The zero-order chi connectivity index (χ0) is 12.0. The van der Waals surface area contributed by atoms with Crippen molar-refractivity contribution < 1.29 is 0 Å². The first-order valence-electron chi connectivity index (χ1n) is 7.14. The van der Waals surface area contributed by atoms with Gasteiger partial charge in [0, 0.05) is 12.0 Å². The molecule has 0 unspecified atom stereocenters. The van der Waals surface area contributed by atoms with Crippen LogP contribution in [0.1, 0.15) is 51.0 Å². The first kappa shape index (κ1) is 12.6. The van der Waals surface area contributed by atoms with Crippen molar-refractivity contribution in [3.63, 3.8) is 0 Å². The Morgan fingerprint density at radius 3 is 2.24 bits per heavy atom. The summed E-state index contributed by atoms with van der Waals surface area (Å²) in [5.74, 6) is 0. The van der Waals surface area contributed by atoms with Crippen LogP contribution < -0.4 is 5.32 Å². The molecule has 0 heterocycles. The van der Waals surface area contributed by atoms with Crippen molar-refractivity contribution >= 4 is 0 Å². The molecule has 1 saturated carbocycles. The molecule has 1 aromatic rings. The second-order valence-electron chi connectivity index (χ2n) is 5.34.